The van der Waals surface area contributed by atoms with Gasteiger partial charge in [0.2, 0.25) is 0 Å². The Morgan fingerprint density at radius 1 is 1.31 bits per heavy atom. The molecule has 1 aliphatic rings. The summed E-state index contributed by atoms with van der Waals surface area (Å²) >= 11 is 3.37. The molecule has 0 bridgehead atoms. The highest BCUT2D eigenvalue weighted by Gasteiger charge is 2.26. The molecule has 1 nitrogen and oxygen atoms in total. The lowest BCUT2D eigenvalue weighted by Gasteiger charge is -2.20. The van der Waals surface area contributed by atoms with E-state index in [0.717, 1.165) is 17.3 Å². The predicted octanol–water partition coefficient (Wildman–Crippen LogP) is 4.20. The fraction of sp³-hybridized carbons (Fsp3) is 0.500. The molecule has 90 valence electrons. The van der Waals surface area contributed by atoms with Gasteiger partial charge in [-0.05, 0) is 30.9 Å². The van der Waals surface area contributed by atoms with Crippen LogP contribution in [0.1, 0.15) is 37.3 Å². The summed E-state index contributed by atoms with van der Waals surface area (Å²) in [6, 6.07) is 4.87. The minimum atomic E-state index is -0.191. The van der Waals surface area contributed by atoms with E-state index in [0.29, 0.717) is 11.5 Å². The Labute approximate surface area is 110 Å². The van der Waals surface area contributed by atoms with Gasteiger partial charge in [-0.1, -0.05) is 34.8 Å². The van der Waals surface area contributed by atoms with Gasteiger partial charge in [0.05, 0.1) is 0 Å². The summed E-state index contributed by atoms with van der Waals surface area (Å²) in [4.78, 5) is 0. The third-order valence-electron chi connectivity index (χ3n) is 3.24. The summed E-state index contributed by atoms with van der Waals surface area (Å²) in [6.45, 7) is 0. The molecule has 0 heterocycles. The Morgan fingerprint density at radius 3 is 2.50 bits per heavy atom. The molecule has 1 aromatic carbocycles. The summed E-state index contributed by atoms with van der Waals surface area (Å²) < 4.78 is 14.4. The molecule has 0 aromatic heterocycles. The Hall–Kier alpha value is -0.120. The highest BCUT2D eigenvalue weighted by molar-refractivity contribution is 9.10. The van der Waals surface area contributed by atoms with E-state index in [-0.39, 0.29) is 24.3 Å². The minimum Gasteiger partial charge on any atom is -0.324 e. The molecule has 0 radical (unpaired) electrons. The zero-order valence-electron chi connectivity index (χ0n) is 8.96. The molecule has 2 N–H and O–H groups in total. The van der Waals surface area contributed by atoms with Crippen LogP contribution in [0.15, 0.2) is 22.7 Å². The van der Waals surface area contributed by atoms with Gasteiger partial charge < -0.3 is 5.73 Å². The molecule has 1 aromatic rings. The van der Waals surface area contributed by atoms with Crippen molar-refractivity contribution in [2.75, 3.05) is 0 Å². The Morgan fingerprint density at radius 2 is 1.94 bits per heavy atom. The predicted molar refractivity (Wildman–Crippen MR) is 70.2 cm³/mol. The van der Waals surface area contributed by atoms with Gasteiger partial charge in [-0.2, -0.15) is 0 Å². The summed E-state index contributed by atoms with van der Waals surface area (Å²) in [6.07, 6.45) is 4.71. The van der Waals surface area contributed by atoms with Crippen molar-refractivity contribution >= 4 is 28.3 Å². The van der Waals surface area contributed by atoms with Crippen molar-refractivity contribution in [3.63, 3.8) is 0 Å². The second-order valence-corrected chi connectivity index (χ2v) is 5.06. The fourth-order valence-electron chi connectivity index (χ4n) is 2.38. The summed E-state index contributed by atoms with van der Waals surface area (Å²) in [5.74, 6) is 0.252. The number of benzene rings is 1. The van der Waals surface area contributed by atoms with E-state index in [1.807, 2.05) is 6.07 Å². The lowest BCUT2D eigenvalue weighted by Crippen LogP contribution is -2.20. The topological polar surface area (TPSA) is 26.0 Å². The van der Waals surface area contributed by atoms with E-state index in [1.54, 1.807) is 6.07 Å². The van der Waals surface area contributed by atoms with Crippen LogP contribution in [-0.2, 0) is 0 Å². The van der Waals surface area contributed by atoms with Crippen LogP contribution in [0.5, 0.6) is 0 Å². The van der Waals surface area contributed by atoms with Crippen molar-refractivity contribution in [2.24, 2.45) is 11.7 Å². The van der Waals surface area contributed by atoms with Gasteiger partial charge >= 0.3 is 0 Å². The van der Waals surface area contributed by atoms with Crippen LogP contribution in [0.25, 0.3) is 0 Å². The van der Waals surface area contributed by atoms with Gasteiger partial charge in [-0.25, -0.2) is 4.39 Å². The van der Waals surface area contributed by atoms with Gasteiger partial charge in [0, 0.05) is 16.1 Å². The maximum atomic E-state index is 13.6. The van der Waals surface area contributed by atoms with Crippen molar-refractivity contribution in [1.82, 2.24) is 0 Å². The lowest BCUT2D eigenvalue weighted by atomic mass is 9.92. The molecular weight excluding hydrogens is 292 g/mol. The van der Waals surface area contributed by atoms with Crippen LogP contribution in [0.3, 0.4) is 0 Å². The normalized spacial score (nSPS) is 18.2. The van der Waals surface area contributed by atoms with Crippen LogP contribution in [-0.4, -0.2) is 0 Å². The Balaban J connectivity index is 0.00000128. The third-order valence-corrected chi connectivity index (χ3v) is 3.93. The number of hydrogen-bond acceptors (Lipinski definition) is 1. The molecule has 0 aliphatic heterocycles. The lowest BCUT2D eigenvalue weighted by molar-refractivity contribution is 0.427. The number of nitrogens with two attached hydrogens (primary N) is 1. The minimum absolute atomic E-state index is 0. The molecule has 0 unspecified atom stereocenters. The molecule has 1 saturated carbocycles. The van der Waals surface area contributed by atoms with E-state index < -0.39 is 0 Å². The smallest absolute Gasteiger partial charge is 0.129 e. The van der Waals surface area contributed by atoms with Crippen LogP contribution < -0.4 is 5.73 Å². The van der Waals surface area contributed by atoms with Crippen LogP contribution in [0.2, 0.25) is 0 Å². The highest BCUT2D eigenvalue weighted by atomic mass is 79.9. The monoisotopic (exact) mass is 307 g/mol. The highest BCUT2D eigenvalue weighted by Crippen LogP contribution is 2.37. The van der Waals surface area contributed by atoms with E-state index >= 15 is 0 Å². The first-order chi connectivity index (χ1) is 7.20. The molecule has 2 rings (SSSR count). The van der Waals surface area contributed by atoms with E-state index in [2.05, 4.69) is 15.9 Å². The van der Waals surface area contributed by atoms with Crippen molar-refractivity contribution < 1.29 is 4.39 Å². The SMILES string of the molecule is Cl.N[C@H](c1c(F)cccc1Br)C1CCCC1. The first kappa shape index (κ1) is 13.9. The maximum absolute atomic E-state index is 13.6. The Kier molecular flexibility index (Phi) is 5.22. The number of rotatable bonds is 2. The molecule has 4 heteroatoms. The van der Waals surface area contributed by atoms with Gasteiger partial charge in [0.15, 0.2) is 0 Å². The average molecular weight is 309 g/mol. The molecule has 16 heavy (non-hydrogen) atoms. The summed E-state index contributed by atoms with van der Waals surface area (Å²) in [5.41, 5.74) is 6.77. The van der Waals surface area contributed by atoms with Crippen LogP contribution in [0.4, 0.5) is 4.39 Å². The van der Waals surface area contributed by atoms with Crippen molar-refractivity contribution in [3.8, 4) is 0 Å². The van der Waals surface area contributed by atoms with E-state index in [9.17, 15) is 4.39 Å². The molecule has 0 spiro atoms. The maximum Gasteiger partial charge on any atom is 0.129 e. The second kappa shape index (κ2) is 5.99. The molecule has 0 amide bonds. The van der Waals surface area contributed by atoms with Crippen LogP contribution >= 0.6 is 28.3 Å². The molecule has 1 aliphatic carbocycles. The van der Waals surface area contributed by atoms with Crippen molar-refractivity contribution in [3.05, 3.63) is 34.1 Å². The van der Waals surface area contributed by atoms with E-state index in [4.69, 9.17) is 5.73 Å². The van der Waals surface area contributed by atoms with Gasteiger partial charge in [0.25, 0.3) is 0 Å². The fourth-order valence-corrected chi connectivity index (χ4v) is 2.99. The number of hydrogen-bond donors (Lipinski definition) is 1. The zero-order valence-corrected chi connectivity index (χ0v) is 11.4. The number of halogens is 3. The van der Waals surface area contributed by atoms with Gasteiger partial charge in [-0.3, -0.25) is 0 Å². The van der Waals surface area contributed by atoms with Gasteiger partial charge in [-0.15, -0.1) is 12.4 Å². The Bertz CT molecular complexity index is 333. The molecule has 1 atom stereocenters. The quantitative estimate of drug-likeness (QED) is 0.870. The third kappa shape index (κ3) is 2.76. The van der Waals surface area contributed by atoms with E-state index in [1.165, 1.54) is 18.9 Å². The van der Waals surface area contributed by atoms with Gasteiger partial charge in [0.1, 0.15) is 5.82 Å². The first-order valence-electron chi connectivity index (χ1n) is 5.39. The first-order valence-corrected chi connectivity index (χ1v) is 6.19. The van der Waals surface area contributed by atoms with Crippen LogP contribution in [0, 0.1) is 11.7 Å². The largest absolute Gasteiger partial charge is 0.324 e. The second-order valence-electron chi connectivity index (χ2n) is 4.21. The molecular formula is C12H16BrClFN. The van der Waals surface area contributed by atoms with Crippen molar-refractivity contribution in [2.45, 2.75) is 31.7 Å². The average Bonchev–Trinajstić information content (AvgIpc) is 2.69. The van der Waals surface area contributed by atoms with Crippen molar-refractivity contribution in [1.29, 1.82) is 0 Å². The zero-order chi connectivity index (χ0) is 10.8. The summed E-state index contributed by atoms with van der Waals surface area (Å²) in [7, 11) is 0. The molecule has 0 saturated heterocycles. The molecule has 1 fully saturated rings. The standard InChI is InChI=1S/C12H15BrFN.ClH/c13-9-6-3-7-10(14)11(9)12(15)8-4-1-2-5-8;/h3,6-8,12H,1-2,4-5,15H2;1H/t12-;/m0./s1. The summed E-state index contributed by atoms with van der Waals surface area (Å²) in [5, 5.41) is 0.